The Morgan fingerprint density at radius 2 is 1.85 bits per heavy atom. The molecule has 0 aliphatic rings. The lowest BCUT2D eigenvalue weighted by atomic mass is 10.2. The number of nitrogens with zero attached hydrogens (tertiary/aromatic N) is 3. The van der Waals surface area contributed by atoms with Gasteiger partial charge < -0.3 is 4.90 Å². The number of thiazole rings is 1. The number of rotatable bonds is 7. The van der Waals surface area contributed by atoms with E-state index in [2.05, 4.69) is 11.1 Å². The molecule has 1 heterocycles. The first kappa shape index (κ1) is 19.2. The maximum atomic E-state index is 13.0. The van der Waals surface area contributed by atoms with Gasteiger partial charge in [-0.2, -0.15) is 5.26 Å². The van der Waals surface area contributed by atoms with Crippen LogP contribution >= 0.6 is 23.1 Å². The molecule has 1 atom stereocenters. The first-order valence-electron chi connectivity index (χ1n) is 8.60. The van der Waals surface area contributed by atoms with Gasteiger partial charge in [0.25, 0.3) is 0 Å². The third-order valence-corrected chi connectivity index (χ3v) is 6.02. The van der Waals surface area contributed by atoms with Crippen molar-refractivity contribution >= 4 is 34.7 Å². The molecule has 1 amide bonds. The van der Waals surface area contributed by atoms with E-state index in [1.54, 1.807) is 16.2 Å². The minimum absolute atomic E-state index is 0.0158. The van der Waals surface area contributed by atoms with Crippen molar-refractivity contribution in [3.8, 4) is 17.3 Å². The second-order valence-electron chi connectivity index (χ2n) is 5.86. The summed E-state index contributed by atoms with van der Waals surface area (Å²) in [6, 6.07) is 21.6. The largest absolute Gasteiger partial charge is 0.310 e. The zero-order valence-electron chi connectivity index (χ0n) is 14.9. The Kier molecular flexibility index (Phi) is 6.64. The predicted molar refractivity (Wildman–Crippen MR) is 112 cm³/mol. The minimum Gasteiger partial charge on any atom is -0.310 e. The molecule has 0 saturated carbocycles. The van der Waals surface area contributed by atoms with E-state index in [0.29, 0.717) is 13.0 Å². The van der Waals surface area contributed by atoms with E-state index >= 15 is 0 Å². The van der Waals surface area contributed by atoms with Crippen LogP contribution in [0.15, 0.2) is 70.4 Å². The van der Waals surface area contributed by atoms with Crippen molar-refractivity contribution in [2.24, 2.45) is 0 Å². The fourth-order valence-electron chi connectivity index (χ4n) is 2.61. The van der Waals surface area contributed by atoms with Crippen molar-refractivity contribution in [3.63, 3.8) is 0 Å². The van der Waals surface area contributed by atoms with E-state index in [1.807, 2.05) is 73.0 Å². The van der Waals surface area contributed by atoms with Gasteiger partial charge in [0.05, 0.1) is 23.4 Å². The maximum absolute atomic E-state index is 13.0. The van der Waals surface area contributed by atoms with Crippen LogP contribution in [-0.4, -0.2) is 22.7 Å². The Labute approximate surface area is 167 Å². The van der Waals surface area contributed by atoms with Gasteiger partial charge in [-0.15, -0.1) is 11.3 Å². The summed E-state index contributed by atoms with van der Waals surface area (Å²) in [7, 11) is 0. The molecule has 0 spiro atoms. The monoisotopic (exact) mass is 393 g/mol. The number of amides is 1. The Morgan fingerprint density at radius 3 is 2.52 bits per heavy atom. The van der Waals surface area contributed by atoms with Gasteiger partial charge in [0.15, 0.2) is 4.34 Å². The summed E-state index contributed by atoms with van der Waals surface area (Å²) in [6.45, 7) is 2.27. The molecular formula is C21H19N3OS2. The lowest BCUT2D eigenvalue weighted by molar-refractivity contribution is -0.117. The first-order chi connectivity index (χ1) is 13.2. The summed E-state index contributed by atoms with van der Waals surface area (Å²) in [4.78, 5) is 19.3. The summed E-state index contributed by atoms with van der Waals surface area (Å²) in [5.74, 6) is -0.0158. The molecule has 1 aromatic heterocycles. The summed E-state index contributed by atoms with van der Waals surface area (Å²) >= 11 is 3.00. The first-order valence-corrected chi connectivity index (χ1v) is 10.4. The Hall–Kier alpha value is -2.62. The third kappa shape index (κ3) is 4.97. The van der Waals surface area contributed by atoms with E-state index in [9.17, 15) is 4.79 Å². The fourth-order valence-corrected chi connectivity index (χ4v) is 4.64. The van der Waals surface area contributed by atoms with E-state index in [-0.39, 0.29) is 11.2 Å². The number of thioether (sulfide) groups is 1. The van der Waals surface area contributed by atoms with Gasteiger partial charge in [0, 0.05) is 23.2 Å². The van der Waals surface area contributed by atoms with Gasteiger partial charge in [-0.1, -0.05) is 60.3 Å². The number of anilines is 1. The van der Waals surface area contributed by atoms with E-state index in [4.69, 9.17) is 5.26 Å². The van der Waals surface area contributed by atoms with Crippen LogP contribution in [0.2, 0.25) is 0 Å². The van der Waals surface area contributed by atoms with Gasteiger partial charge in [-0.25, -0.2) is 4.98 Å². The van der Waals surface area contributed by atoms with Crippen molar-refractivity contribution < 1.29 is 4.79 Å². The maximum Gasteiger partial charge on any atom is 0.240 e. The van der Waals surface area contributed by atoms with Crippen LogP contribution in [0.1, 0.15) is 13.3 Å². The molecule has 1 unspecified atom stereocenters. The van der Waals surface area contributed by atoms with Crippen LogP contribution in [0.3, 0.4) is 0 Å². The summed E-state index contributed by atoms with van der Waals surface area (Å²) in [5.41, 5.74) is 2.81. The number of benzene rings is 2. The van der Waals surface area contributed by atoms with Crippen molar-refractivity contribution in [3.05, 3.63) is 66.0 Å². The molecule has 2 aromatic carbocycles. The lowest BCUT2D eigenvalue weighted by Crippen LogP contribution is -2.37. The molecule has 0 N–H and O–H groups in total. The SMILES string of the molecule is CC(Sc1nc(-c2ccccc2)cs1)C(=O)N(CCC#N)c1ccccc1. The van der Waals surface area contributed by atoms with E-state index in [1.165, 1.54) is 11.8 Å². The summed E-state index contributed by atoms with van der Waals surface area (Å²) < 4.78 is 0.864. The van der Waals surface area contributed by atoms with Crippen LogP contribution in [0, 0.1) is 11.3 Å². The molecular weight excluding hydrogens is 374 g/mol. The highest BCUT2D eigenvalue weighted by atomic mass is 32.2. The standard InChI is InChI=1S/C21H19N3OS2/c1-16(20(25)24(14-8-13-22)18-11-6-3-7-12-18)27-21-23-19(15-26-21)17-9-4-2-5-10-17/h2-7,9-12,15-16H,8,14H2,1H3. The number of carbonyl (C=O) groups excluding carboxylic acids is 1. The highest BCUT2D eigenvalue weighted by Crippen LogP contribution is 2.32. The second-order valence-corrected chi connectivity index (χ2v) is 8.30. The van der Waals surface area contributed by atoms with Crippen molar-refractivity contribution in [1.82, 2.24) is 4.98 Å². The molecule has 0 radical (unpaired) electrons. The fraction of sp³-hybridized carbons (Fsp3) is 0.190. The van der Waals surface area contributed by atoms with Gasteiger partial charge >= 0.3 is 0 Å². The topological polar surface area (TPSA) is 57.0 Å². The van der Waals surface area contributed by atoms with Gasteiger partial charge in [-0.05, 0) is 19.1 Å². The van der Waals surface area contributed by atoms with E-state index < -0.39 is 0 Å². The highest BCUT2D eigenvalue weighted by molar-refractivity contribution is 8.02. The third-order valence-electron chi connectivity index (χ3n) is 3.96. The average Bonchev–Trinajstić information content (AvgIpc) is 3.18. The quantitative estimate of drug-likeness (QED) is 0.515. The van der Waals surface area contributed by atoms with Crippen molar-refractivity contribution in [2.45, 2.75) is 22.9 Å². The van der Waals surface area contributed by atoms with Gasteiger partial charge in [0.1, 0.15) is 0 Å². The minimum atomic E-state index is -0.293. The Balaban J connectivity index is 1.72. The highest BCUT2D eigenvalue weighted by Gasteiger charge is 2.23. The molecule has 3 rings (SSSR count). The van der Waals surface area contributed by atoms with Crippen LogP contribution in [-0.2, 0) is 4.79 Å². The van der Waals surface area contributed by atoms with Crippen LogP contribution in [0.4, 0.5) is 5.69 Å². The van der Waals surface area contributed by atoms with Crippen LogP contribution in [0.5, 0.6) is 0 Å². The zero-order chi connectivity index (χ0) is 19.1. The zero-order valence-corrected chi connectivity index (χ0v) is 16.5. The number of aromatic nitrogens is 1. The van der Waals surface area contributed by atoms with Crippen LogP contribution < -0.4 is 4.90 Å². The number of carbonyl (C=O) groups is 1. The van der Waals surface area contributed by atoms with Crippen LogP contribution in [0.25, 0.3) is 11.3 Å². The smallest absolute Gasteiger partial charge is 0.240 e. The molecule has 0 bridgehead atoms. The Morgan fingerprint density at radius 1 is 1.19 bits per heavy atom. The molecule has 136 valence electrons. The van der Waals surface area contributed by atoms with Crippen molar-refractivity contribution in [2.75, 3.05) is 11.4 Å². The van der Waals surface area contributed by atoms with Gasteiger partial charge in [-0.3, -0.25) is 4.79 Å². The molecule has 3 aromatic rings. The molecule has 27 heavy (non-hydrogen) atoms. The molecule has 0 aliphatic heterocycles. The van der Waals surface area contributed by atoms with E-state index in [0.717, 1.165) is 21.3 Å². The molecule has 6 heteroatoms. The normalized spacial score (nSPS) is 11.6. The number of nitriles is 1. The summed E-state index contributed by atoms with van der Waals surface area (Å²) in [6.07, 6.45) is 0.299. The molecule has 4 nitrogen and oxygen atoms in total. The molecule has 0 fully saturated rings. The number of hydrogen-bond acceptors (Lipinski definition) is 5. The number of para-hydroxylation sites is 1. The van der Waals surface area contributed by atoms with Crippen molar-refractivity contribution in [1.29, 1.82) is 5.26 Å². The summed E-state index contributed by atoms with van der Waals surface area (Å²) in [5, 5.41) is 10.6. The van der Waals surface area contributed by atoms with Gasteiger partial charge in [0.2, 0.25) is 5.91 Å². The number of hydrogen-bond donors (Lipinski definition) is 0. The predicted octanol–water partition coefficient (Wildman–Crippen LogP) is 5.24. The molecule has 0 saturated heterocycles. The Bertz CT molecular complexity index is 919. The lowest BCUT2D eigenvalue weighted by Gasteiger charge is -2.24. The molecule has 0 aliphatic carbocycles. The second kappa shape index (κ2) is 9.36. The average molecular weight is 394 g/mol.